The molecule has 0 saturated carbocycles. The second-order valence-corrected chi connectivity index (χ2v) is 6.19. The van der Waals surface area contributed by atoms with Crippen molar-refractivity contribution in [1.29, 1.82) is 0 Å². The van der Waals surface area contributed by atoms with E-state index in [4.69, 9.17) is 10.6 Å². The number of nitrogens with zero attached hydrogens (tertiary/aromatic N) is 1. The Kier molecular flexibility index (Phi) is 7.47. The van der Waals surface area contributed by atoms with Gasteiger partial charge < -0.3 is 4.74 Å². The number of carbonyl (C=O) groups is 1. The fourth-order valence-corrected chi connectivity index (χ4v) is 2.75. The van der Waals surface area contributed by atoms with E-state index in [-0.39, 0.29) is 5.91 Å². The van der Waals surface area contributed by atoms with E-state index in [0.29, 0.717) is 5.69 Å². The van der Waals surface area contributed by atoms with E-state index in [0.717, 1.165) is 35.6 Å². The van der Waals surface area contributed by atoms with Crippen molar-refractivity contribution in [3.8, 4) is 17.0 Å². The van der Waals surface area contributed by atoms with Crippen LogP contribution in [0.5, 0.6) is 5.75 Å². The highest BCUT2D eigenvalue weighted by Crippen LogP contribution is 2.25. The molecule has 1 aromatic heterocycles. The molecule has 0 unspecified atom stereocenters. The average molecular weight is 344 g/mol. The van der Waals surface area contributed by atoms with E-state index < -0.39 is 0 Å². The molecule has 1 amide bonds. The van der Waals surface area contributed by atoms with Crippen LogP contribution in [0.25, 0.3) is 11.3 Å². The van der Waals surface area contributed by atoms with Crippen molar-refractivity contribution < 1.29 is 9.53 Å². The maximum absolute atomic E-state index is 11.6. The number of carbonyl (C=O) groups excluding carboxylic acids is 1. The number of unbranched alkanes of at least 4 members (excludes halogenated alkanes) is 5. The maximum atomic E-state index is 11.6. The third kappa shape index (κ3) is 5.32. The summed E-state index contributed by atoms with van der Waals surface area (Å²) in [6, 6.07) is 7.76. The maximum Gasteiger partial charge on any atom is 0.283 e. The Morgan fingerprint density at radius 1 is 1.16 bits per heavy atom. The highest BCUT2D eigenvalue weighted by molar-refractivity contribution is 5.94. The predicted molar refractivity (Wildman–Crippen MR) is 99.3 cm³/mol. The number of ether oxygens (including phenoxy) is 1. The lowest BCUT2D eigenvalue weighted by Gasteiger charge is -2.07. The number of aromatic amines is 1. The molecule has 1 aromatic carbocycles. The molecule has 0 radical (unpaired) electrons. The zero-order chi connectivity index (χ0) is 18.1. The van der Waals surface area contributed by atoms with Gasteiger partial charge in [-0.15, -0.1) is 0 Å². The first kappa shape index (κ1) is 19.0. The average Bonchev–Trinajstić information content (AvgIpc) is 3.02. The molecule has 4 N–H and O–H groups in total. The number of rotatable bonds is 10. The zero-order valence-corrected chi connectivity index (χ0v) is 15.1. The van der Waals surface area contributed by atoms with Crippen molar-refractivity contribution in [3.63, 3.8) is 0 Å². The van der Waals surface area contributed by atoms with Crippen molar-refractivity contribution >= 4 is 5.91 Å². The Hall–Kier alpha value is -2.34. The highest BCUT2D eigenvalue weighted by atomic mass is 16.5. The van der Waals surface area contributed by atoms with Crippen LogP contribution in [0, 0.1) is 6.92 Å². The van der Waals surface area contributed by atoms with Gasteiger partial charge in [0.2, 0.25) is 0 Å². The summed E-state index contributed by atoms with van der Waals surface area (Å²) in [6.45, 7) is 4.81. The van der Waals surface area contributed by atoms with E-state index >= 15 is 0 Å². The lowest BCUT2D eigenvalue weighted by Crippen LogP contribution is -2.30. The summed E-state index contributed by atoms with van der Waals surface area (Å²) in [5.41, 5.74) is 4.92. The first-order valence-corrected chi connectivity index (χ1v) is 8.96. The van der Waals surface area contributed by atoms with Crippen molar-refractivity contribution in [3.05, 3.63) is 35.5 Å². The molecule has 2 aromatic rings. The van der Waals surface area contributed by atoms with Crippen LogP contribution >= 0.6 is 0 Å². The third-order valence-electron chi connectivity index (χ3n) is 4.26. The lowest BCUT2D eigenvalue weighted by molar-refractivity contribution is 0.0948. The van der Waals surface area contributed by atoms with Crippen LogP contribution in [0.3, 0.4) is 0 Å². The molecule has 0 fully saturated rings. The summed E-state index contributed by atoms with van der Waals surface area (Å²) in [6.07, 6.45) is 7.50. The Bertz CT molecular complexity index is 665. The summed E-state index contributed by atoms with van der Waals surface area (Å²) >= 11 is 0. The number of benzene rings is 1. The number of H-pyrrole nitrogens is 1. The van der Waals surface area contributed by atoms with Gasteiger partial charge in [-0.2, -0.15) is 5.10 Å². The van der Waals surface area contributed by atoms with E-state index in [2.05, 4.69) is 22.5 Å². The smallest absolute Gasteiger partial charge is 0.283 e. The molecule has 25 heavy (non-hydrogen) atoms. The summed E-state index contributed by atoms with van der Waals surface area (Å²) < 4.78 is 5.79. The number of hydrogen-bond acceptors (Lipinski definition) is 4. The fraction of sp³-hybridized carbons (Fsp3) is 0.474. The first-order valence-electron chi connectivity index (χ1n) is 8.96. The van der Waals surface area contributed by atoms with Crippen LogP contribution in [0.15, 0.2) is 24.3 Å². The Morgan fingerprint density at radius 2 is 1.84 bits per heavy atom. The van der Waals surface area contributed by atoms with E-state index in [1.807, 2.05) is 31.2 Å². The van der Waals surface area contributed by atoms with Gasteiger partial charge in [0, 0.05) is 11.1 Å². The van der Waals surface area contributed by atoms with Gasteiger partial charge in [-0.05, 0) is 37.6 Å². The minimum absolute atomic E-state index is 0.376. The zero-order valence-electron chi connectivity index (χ0n) is 15.1. The van der Waals surface area contributed by atoms with Gasteiger partial charge in [0.25, 0.3) is 5.91 Å². The van der Waals surface area contributed by atoms with Crippen LogP contribution < -0.4 is 16.0 Å². The van der Waals surface area contributed by atoms with Gasteiger partial charge in [0.1, 0.15) is 11.4 Å². The molecule has 0 aliphatic heterocycles. The van der Waals surface area contributed by atoms with Crippen LogP contribution in [0.4, 0.5) is 0 Å². The third-order valence-corrected chi connectivity index (χ3v) is 4.26. The molecule has 0 aliphatic rings. The molecule has 6 nitrogen and oxygen atoms in total. The van der Waals surface area contributed by atoms with Crippen LogP contribution in [0.2, 0.25) is 0 Å². The molecule has 1 heterocycles. The van der Waals surface area contributed by atoms with E-state index in [1.54, 1.807) is 0 Å². The topological polar surface area (TPSA) is 93.0 Å². The molecule has 0 atom stereocenters. The SMILES string of the molecule is CCCCCCCCOc1ccc(-c2n[nH]c(C(=O)NN)c2C)cc1. The number of nitrogens with one attached hydrogen (secondary N) is 2. The van der Waals surface area contributed by atoms with Gasteiger partial charge in [0.15, 0.2) is 0 Å². The van der Waals surface area contributed by atoms with Gasteiger partial charge in [-0.1, -0.05) is 39.0 Å². The number of hydrogen-bond donors (Lipinski definition) is 3. The summed E-state index contributed by atoms with van der Waals surface area (Å²) in [5, 5.41) is 6.94. The second kappa shape index (κ2) is 9.84. The van der Waals surface area contributed by atoms with Crippen molar-refractivity contribution in [2.45, 2.75) is 52.4 Å². The number of amides is 1. The molecule has 6 heteroatoms. The molecule has 0 saturated heterocycles. The molecule has 0 bridgehead atoms. The number of hydrazine groups is 1. The largest absolute Gasteiger partial charge is 0.494 e. The molecule has 0 spiro atoms. The quantitative estimate of drug-likeness (QED) is 0.265. The molecule has 0 aliphatic carbocycles. The summed E-state index contributed by atoms with van der Waals surface area (Å²) in [5.74, 6) is 5.64. The Morgan fingerprint density at radius 3 is 2.52 bits per heavy atom. The monoisotopic (exact) mass is 344 g/mol. The Labute approximate surface area is 149 Å². The van der Waals surface area contributed by atoms with Crippen molar-refractivity contribution in [1.82, 2.24) is 15.6 Å². The lowest BCUT2D eigenvalue weighted by atomic mass is 10.1. The van der Waals surface area contributed by atoms with E-state index in [1.165, 1.54) is 32.1 Å². The fourth-order valence-electron chi connectivity index (χ4n) is 2.75. The van der Waals surface area contributed by atoms with Crippen molar-refractivity contribution in [2.24, 2.45) is 5.84 Å². The molecule has 136 valence electrons. The number of aromatic nitrogens is 2. The van der Waals surface area contributed by atoms with Crippen LogP contribution in [-0.4, -0.2) is 22.7 Å². The Balaban J connectivity index is 1.86. The van der Waals surface area contributed by atoms with Crippen LogP contribution in [-0.2, 0) is 0 Å². The normalized spacial score (nSPS) is 10.7. The van der Waals surface area contributed by atoms with E-state index in [9.17, 15) is 4.79 Å². The van der Waals surface area contributed by atoms with Gasteiger partial charge in [-0.3, -0.25) is 15.3 Å². The summed E-state index contributed by atoms with van der Waals surface area (Å²) in [7, 11) is 0. The minimum atomic E-state index is -0.379. The standard InChI is InChI=1S/C19H28N4O2/c1-3-4-5-6-7-8-13-25-16-11-9-15(10-12-16)17-14(2)18(23-22-17)19(24)21-20/h9-12H,3-8,13,20H2,1-2H3,(H,21,24)(H,22,23). The predicted octanol–water partition coefficient (Wildman–Crippen LogP) is 3.73. The molecular weight excluding hydrogens is 316 g/mol. The molecular formula is C19H28N4O2. The van der Waals surface area contributed by atoms with Gasteiger partial charge in [-0.25, -0.2) is 5.84 Å². The number of nitrogen functional groups attached to an aromatic ring is 1. The minimum Gasteiger partial charge on any atom is -0.494 e. The van der Waals surface area contributed by atoms with Crippen LogP contribution in [0.1, 0.15) is 61.5 Å². The summed E-state index contributed by atoms with van der Waals surface area (Å²) in [4.78, 5) is 11.6. The van der Waals surface area contributed by atoms with Crippen molar-refractivity contribution in [2.75, 3.05) is 6.61 Å². The van der Waals surface area contributed by atoms with Gasteiger partial charge in [0.05, 0.1) is 12.3 Å². The highest BCUT2D eigenvalue weighted by Gasteiger charge is 2.15. The molecule has 2 rings (SSSR count). The number of nitrogens with two attached hydrogens (primary N) is 1. The second-order valence-electron chi connectivity index (χ2n) is 6.19. The van der Waals surface area contributed by atoms with Gasteiger partial charge >= 0.3 is 0 Å². The first-order chi connectivity index (χ1) is 12.2.